The maximum absolute atomic E-state index is 5.38. The average Bonchev–Trinajstić information content (AvgIpc) is 3.75. The molecule has 1 aliphatic rings. The van der Waals surface area contributed by atoms with Gasteiger partial charge in [-0.15, -0.1) is 11.3 Å². The Labute approximate surface area is 292 Å². The number of para-hydroxylation sites is 1. The molecule has 0 bridgehead atoms. The van der Waals surface area contributed by atoms with Crippen molar-refractivity contribution in [3.8, 4) is 5.69 Å². The number of aliphatic imine (C=N–C) groups is 1. The van der Waals surface area contributed by atoms with Crippen molar-refractivity contribution in [2.24, 2.45) is 4.99 Å². The van der Waals surface area contributed by atoms with E-state index in [1.54, 1.807) is 0 Å². The Morgan fingerprint density at radius 1 is 0.540 bits per heavy atom. The summed E-state index contributed by atoms with van der Waals surface area (Å²) in [5.74, 6) is 0. The Balaban J connectivity index is 1.25. The van der Waals surface area contributed by atoms with E-state index in [1.165, 1.54) is 63.5 Å². The summed E-state index contributed by atoms with van der Waals surface area (Å²) in [5.41, 5.74) is 9.10. The van der Waals surface area contributed by atoms with Crippen molar-refractivity contribution in [1.82, 2.24) is 4.57 Å². The van der Waals surface area contributed by atoms with Crippen LogP contribution < -0.4 is 5.32 Å². The van der Waals surface area contributed by atoms with Crippen molar-refractivity contribution in [1.29, 1.82) is 0 Å². The van der Waals surface area contributed by atoms with Crippen LogP contribution in [0.4, 0.5) is 5.69 Å². The summed E-state index contributed by atoms with van der Waals surface area (Å²) < 4.78 is 5.17. The molecule has 0 amide bonds. The van der Waals surface area contributed by atoms with Crippen LogP contribution in [0.3, 0.4) is 0 Å². The minimum Gasteiger partial charge on any atom is -0.360 e. The molecule has 2 aromatic heterocycles. The Kier molecular flexibility index (Phi) is 5.89. The molecule has 1 aliphatic heterocycles. The van der Waals surface area contributed by atoms with Crippen molar-refractivity contribution < 1.29 is 0 Å². The first kappa shape index (κ1) is 27.7. The molecule has 0 radical (unpaired) electrons. The molecule has 0 fully saturated rings. The van der Waals surface area contributed by atoms with Crippen LogP contribution in [0.1, 0.15) is 22.9 Å². The third kappa shape index (κ3) is 3.94. The Morgan fingerprint density at radius 3 is 2.14 bits per heavy atom. The number of fused-ring (bicyclic) bond motifs is 13. The van der Waals surface area contributed by atoms with E-state index in [1.807, 2.05) is 11.3 Å². The molecule has 234 valence electrons. The zero-order valence-corrected chi connectivity index (χ0v) is 27.8. The normalized spacial score (nSPS) is 14.5. The topological polar surface area (TPSA) is 29.3 Å². The Bertz CT molecular complexity index is 3020. The highest BCUT2D eigenvalue weighted by molar-refractivity contribution is 7.27. The fourth-order valence-electron chi connectivity index (χ4n) is 8.21. The van der Waals surface area contributed by atoms with Crippen LogP contribution in [0.5, 0.6) is 0 Å². The van der Waals surface area contributed by atoms with Crippen LogP contribution in [-0.2, 0) is 0 Å². The van der Waals surface area contributed by atoms with Gasteiger partial charge in [-0.25, -0.2) is 0 Å². The molecule has 0 spiro atoms. The molecular weight excluding hydrogens is 627 g/mol. The Morgan fingerprint density at radius 2 is 1.26 bits per heavy atom. The molecule has 0 saturated carbocycles. The second-order valence-electron chi connectivity index (χ2n) is 13.1. The van der Waals surface area contributed by atoms with Crippen LogP contribution in [0.2, 0.25) is 0 Å². The molecule has 3 nitrogen and oxygen atoms in total. The van der Waals surface area contributed by atoms with Crippen LogP contribution >= 0.6 is 11.3 Å². The molecule has 0 saturated heterocycles. The van der Waals surface area contributed by atoms with E-state index in [-0.39, 0.29) is 6.17 Å². The Hall–Kier alpha value is -6.23. The van der Waals surface area contributed by atoms with Crippen molar-refractivity contribution in [3.63, 3.8) is 0 Å². The lowest BCUT2D eigenvalue weighted by Crippen LogP contribution is -2.20. The zero-order chi connectivity index (χ0) is 32.8. The molecule has 1 atom stereocenters. The van der Waals surface area contributed by atoms with Gasteiger partial charge in [0.05, 0.1) is 21.4 Å². The molecule has 8 aromatic carbocycles. The number of hydrogen-bond acceptors (Lipinski definition) is 3. The third-order valence-electron chi connectivity index (χ3n) is 10.4. The van der Waals surface area contributed by atoms with Crippen molar-refractivity contribution >= 4 is 86.3 Å². The standard InChI is InChI=1S/C46H29N3S/c1-2-14-29(15-3-1)42-35-21-8-10-23-38(35)47-46(48-42)30-16-12-17-31(27-30)49-43-32-18-5-4-13-28(32)25-26-37(43)40-33-19-6-7-20-34(33)41-36-22-9-11-24-39(36)50-45(41)44(40)49/h1-27,46-47H. The van der Waals surface area contributed by atoms with Crippen molar-refractivity contribution in [2.75, 3.05) is 5.32 Å². The number of aromatic nitrogens is 1. The van der Waals surface area contributed by atoms with E-state index >= 15 is 0 Å². The highest BCUT2D eigenvalue weighted by atomic mass is 32.1. The third-order valence-corrected chi connectivity index (χ3v) is 11.5. The summed E-state index contributed by atoms with van der Waals surface area (Å²) in [6.07, 6.45) is -0.241. The summed E-state index contributed by atoms with van der Waals surface area (Å²) in [7, 11) is 0. The lowest BCUT2D eigenvalue weighted by molar-refractivity contribution is 0.827. The molecule has 0 aliphatic carbocycles. The summed E-state index contributed by atoms with van der Waals surface area (Å²) in [6.45, 7) is 0. The monoisotopic (exact) mass is 655 g/mol. The largest absolute Gasteiger partial charge is 0.360 e. The van der Waals surface area contributed by atoms with Crippen LogP contribution in [-0.4, -0.2) is 10.3 Å². The van der Waals surface area contributed by atoms with Crippen LogP contribution in [0.25, 0.3) is 69.2 Å². The first-order valence-electron chi connectivity index (χ1n) is 17.1. The second-order valence-corrected chi connectivity index (χ2v) is 14.2. The first-order valence-corrected chi connectivity index (χ1v) is 17.9. The predicted octanol–water partition coefficient (Wildman–Crippen LogP) is 12.4. The second kappa shape index (κ2) is 10.6. The first-order chi connectivity index (χ1) is 24.8. The minimum absolute atomic E-state index is 0.241. The van der Waals surface area contributed by atoms with Crippen molar-refractivity contribution in [3.05, 3.63) is 180 Å². The smallest absolute Gasteiger partial charge is 0.145 e. The number of thiophene rings is 1. The van der Waals surface area contributed by atoms with E-state index in [9.17, 15) is 0 Å². The maximum Gasteiger partial charge on any atom is 0.145 e. The number of hydrogen-bond donors (Lipinski definition) is 1. The van der Waals surface area contributed by atoms with Gasteiger partial charge in [0, 0.05) is 54.1 Å². The van der Waals surface area contributed by atoms with Gasteiger partial charge in [-0.3, -0.25) is 4.99 Å². The van der Waals surface area contributed by atoms with Gasteiger partial charge < -0.3 is 9.88 Å². The number of benzene rings is 8. The molecule has 11 rings (SSSR count). The van der Waals surface area contributed by atoms with E-state index in [4.69, 9.17) is 4.99 Å². The fourth-order valence-corrected chi connectivity index (χ4v) is 9.46. The van der Waals surface area contributed by atoms with Crippen LogP contribution in [0.15, 0.2) is 169 Å². The molecular formula is C46H29N3S. The lowest BCUT2D eigenvalue weighted by atomic mass is 9.97. The molecule has 3 heterocycles. The highest BCUT2D eigenvalue weighted by Crippen LogP contribution is 2.49. The molecule has 50 heavy (non-hydrogen) atoms. The summed E-state index contributed by atoms with van der Waals surface area (Å²) in [4.78, 5) is 5.38. The summed E-state index contributed by atoms with van der Waals surface area (Å²) in [6, 6.07) is 59.3. The number of rotatable bonds is 3. The number of nitrogens with one attached hydrogen (secondary N) is 1. The lowest BCUT2D eigenvalue weighted by Gasteiger charge is -2.26. The van der Waals surface area contributed by atoms with Gasteiger partial charge in [0.1, 0.15) is 6.17 Å². The molecule has 4 heteroatoms. The zero-order valence-electron chi connectivity index (χ0n) is 27.0. The molecule has 10 aromatic rings. The van der Waals surface area contributed by atoms with Gasteiger partial charge in [-0.05, 0) is 46.0 Å². The molecule has 1 unspecified atom stereocenters. The summed E-state index contributed by atoms with van der Waals surface area (Å²) in [5, 5.41) is 14.1. The van der Waals surface area contributed by atoms with E-state index in [2.05, 4.69) is 174 Å². The van der Waals surface area contributed by atoms with E-state index in [0.717, 1.165) is 33.8 Å². The number of anilines is 1. The average molecular weight is 656 g/mol. The SMILES string of the molecule is c1ccc(C2=NC(c3cccc(-n4c5c6ccccc6ccc5c5c6ccccc6c6c7ccccc7sc6c54)c3)Nc3ccccc32)cc1. The van der Waals surface area contributed by atoms with Gasteiger partial charge in [-0.1, -0.05) is 140 Å². The fraction of sp³-hybridized carbons (Fsp3) is 0.0217. The van der Waals surface area contributed by atoms with Crippen LogP contribution in [0, 0.1) is 0 Å². The summed E-state index contributed by atoms with van der Waals surface area (Å²) >= 11 is 1.90. The van der Waals surface area contributed by atoms with E-state index in [0.29, 0.717) is 0 Å². The van der Waals surface area contributed by atoms with Gasteiger partial charge in [0.15, 0.2) is 0 Å². The number of nitrogens with zero attached hydrogens (tertiary/aromatic N) is 2. The van der Waals surface area contributed by atoms with Gasteiger partial charge in [0.2, 0.25) is 0 Å². The van der Waals surface area contributed by atoms with Crippen molar-refractivity contribution in [2.45, 2.75) is 6.17 Å². The van der Waals surface area contributed by atoms with Gasteiger partial charge >= 0.3 is 0 Å². The van der Waals surface area contributed by atoms with Gasteiger partial charge in [0.25, 0.3) is 0 Å². The predicted molar refractivity (Wildman–Crippen MR) is 214 cm³/mol. The maximum atomic E-state index is 5.38. The minimum atomic E-state index is -0.241. The molecule has 1 N–H and O–H groups in total. The highest BCUT2D eigenvalue weighted by Gasteiger charge is 2.25. The van der Waals surface area contributed by atoms with Gasteiger partial charge in [-0.2, -0.15) is 0 Å². The quantitative estimate of drug-likeness (QED) is 0.202. The van der Waals surface area contributed by atoms with E-state index < -0.39 is 0 Å².